The minimum absolute atomic E-state index is 0.252. The van der Waals surface area contributed by atoms with Crippen molar-refractivity contribution in [1.29, 1.82) is 0 Å². The molecule has 1 saturated heterocycles. The Hall–Kier alpha value is -1.30. The highest BCUT2D eigenvalue weighted by atomic mass is 79.9. The highest BCUT2D eigenvalue weighted by molar-refractivity contribution is 9.10. The van der Waals surface area contributed by atoms with Gasteiger partial charge in [-0.2, -0.15) is 0 Å². The van der Waals surface area contributed by atoms with E-state index in [4.69, 9.17) is 9.84 Å². The number of likely N-dealkylation sites (tertiary alicyclic amines) is 1. The number of carbonyl (C=O) groups is 1. The molecular weight excluding hydrogens is 300 g/mol. The first-order valence-corrected chi connectivity index (χ1v) is 6.67. The van der Waals surface area contributed by atoms with Gasteiger partial charge in [0.1, 0.15) is 4.60 Å². The molecule has 1 fully saturated rings. The molecule has 1 aliphatic rings. The topological polar surface area (TPSA) is 62.7 Å². The van der Waals surface area contributed by atoms with Crippen molar-refractivity contribution in [1.82, 2.24) is 9.88 Å². The minimum Gasteiger partial charge on any atom is -0.490 e. The molecule has 98 valence electrons. The number of piperidine rings is 1. The van der Waals surface area contributed by atoms with E-state index in [-0.39, 0.29) is 5.92 Å². The Labute approximate surface area is 114 Å². The molecule has 0 aliphatic carbocycles. The number of hydrogen-bond acceptors (Lipinski definition) is 3. The van der Waals surface area contributed by atoms with Gasteiger partial charge in [-0.25, -0.2) is 9.78 Å². The first-order chi connectivity index (χ1) is 8.66. The van der Waals surface area contributed by atoms with Crippen LogP contribution in [0.15, 0.2) is 22.9 Å². The van der Waals surface area contributed by atoms with Crippen LogP contribution in [0.3, 0.4) is 0 Å². The Morgan fingerprint density at radius 3 is 3.22 bits per heavy atom. The number of ether oxygens (including phenoxy) is 1. The summed E-state index contributed by atoms with van der Waals surface area (Å²) in [7, 11) is 0. The van der Waals surface area contributed by atoms with E-state index in [1.165, 1.54) is 4.90 Å². The van der Waals surface area contributed by atoms with Gasteiger partial charge in [0, 0.05) is 25.2 Å². The van der Waals surface area contributed by atoms with Crippen LogP contribution in [0.4, 0.5) is 4.79 Å². The van der Waals surface area contributed by atoms with Crippen molar-refractivity contribution in [2.45, 2.75) is 12.8 Å². The van der Waals surface area contributed by atoms with E-state index in [9.17, 15) is 4.79 Å². The van der Waals surface area contributed by atoms with Crippen LogP contribution in [0.25, 0.3) is 0 Å². The van der Waals surface area contributed by atoms with Crippen molar-refractivity contribution in [2.75, 3.05) is 19.7 Å². The monoisotopic (exact) mass is 314 g/mol. The van der Waals surface area contributed by atoms with Crippen LogP contribution in [0, 0.1) is 5.92 Å². The van der Waals surface area contributed by atoms with E-state index in [2.05, 4.69) is 20.9 Å². The number of pyridine rings is 1. The number of aromatic nitrogens is 1. The average molecular weight is 315 g/mol. The lowest BCUT2D eigenvalue weighted by Gasteiger charge is -2.30. The molecule has 6 heteroatoms. The molecule has 5 nitrogen and oxygen atoms in total. The molecule has 0 aromatic carbocycles. The van der Waals surface area contributed by atoms with Crippen molar-refractivity contribution >= 4 is 22.0 Å². The number of halogens is 1. The summed E-state index contributed by atoms with van der Waals surface area (Å²) < 4.78 is 6.35. The molecule has 0 bridgehead atoms. The Kier molecular flexibility index (Phi) is 4.41. The van der Waals surface area contributed by atoms with Gasteiger partial charge in [0.2, 0.25) is 0 Å². The molecule has 0 saturated carbocycles. The molecule has 18 heavy (non-hydrogen) atoms. The lowest BCUT2D eigenvalue weighted by molar-refractivity contribution is 0.104. The zero-order chi connectivity index (χ0) is 13.0. The van der Waals surface area contributed by atoms with Crippen LogP contribution in [-0.2, 0) is 0 Å². The van der Waals surface area contributed by atoms with Crippen LogP contribution in [0.2, 0.25) is 0 Å². The Morgan fingerprint density at radius 2 is 2.50 bits per heavy atom. The molecule has 2 heterocycles. The number of carboxylic acid groups (broad SMARTS) is 1. The van der Waals surface area contributed by atoms with Crippen LogP contribution < -0.4 is 4.74 Å². The van der Waals surface area contributed by atoms with Crippen molar-refractivity contribution < 1.29 is 14.6 Å². The predicted molar refractivity (Wildman–Crippen MR) is 69.8 cm³/mol. The van der Waals surface area contributed by atoms with Gasteiger partial charge in [0.25, 0.3) is 0 Å². The minimum atomic E-state index is -0.845. The molecule has 0 radical (unpaired) electrons. The summed E-state index contributed by atoms with van der Waals surface area (Å²) in [6.45, 7) is 1.70. The molecule has 1 N–H and O–H groups in total. The van der Waals surface area contributed by atoms with Crippen LogP contribution >= 0.6 is 15.9 Å². The van der Waals surface area contributed by atoms with Gasteiger partial charge >= 0.3 is 6.09 Å². The maximum absolute atomic E-state index is 10.9. The Morgan fingerprint density at radius 1 is 1.67 bits per heavy atom. The van der Waals surface area contributed by atoms with Gasteiger partial charge in [-0.15, -0.1) is 0 Å². The quantitative estimate of drug-likeness (QED) is 0.871. The Balaban J connectivity index is 1.87. The van der Waals surface area contributed by atoms with Crippen molar-refractivity contribution in [3.05, 3.63) is 22.9 Å². The van der Waals surface area contributed by atoms with E-state index in [1.807, 2.05) is 12.1 Å². The summed E-state index contributed by atoms with van der Waals surface area (Å²) in [6, 6.07) is 3.65. The van der Waals surface area contributed by atoms with Crippen molar-refractivity contribution in [3.63, 3.8) is 0 Å². The smallest absolute Gasteiger partial charge is 0.407 e. The molecule has 1 amide bonds. The molecule has 0 spiro atoms. The predicted octanol–water partition coefficient (Wildman–Crippen LogP) is 2.61. The first-order valence-electron chi connectivity index (χ1n) is 5.88. The SMILES string of the molecule is O=C(O)N1CCC[C@H](COc2cccnc2Br)C1. The average Bonchev–Trinajstić information content (AvgIpc) is 2.38. The lowest BCUT2D eigenvalue weighted by Crippen LogP contribution is -2.40. The molecule has 2 rings (SSSR count). The van der Waals surface area contributed by atoms with Gasteiger partial charge in [0.15, 0.2) is 5.75 Å². The van der Waals surface area contributed by atoms with E-state index in [0.29, 0.717) is 30.0 Å². The van der Waals surface area contributed by atoms with Gasteiger partial charge in [-0.05, 0) is 40.9 Å². The largest absolute Gasteiger partial charge is 0.490 e. The highest BCUT2D eigenvalue weighted by Gasteiger charge is 2.23. The summed E-state index contributed by atoms with van der Waals surface area (Å²) in [5.41, 5.74) is 0. The van der Waals surface area contributed by atoms with Crippen LogP contribution in [0.5, 0.6) is 5.75 Å². The molecular formula is C12H15BrN2O3. The Bertz CT molecular complexity index is 428. The summed E-state index contributed by atoms with van der Waals surface area (Å²) in [4.78, 5) is 16.4. The van der Waals surface area contributed by atoms with Gasteiger partial charge in [-0.3, -0.25) is 0 Å². The molecule has 0 unspecified atom stereocenters. The van der Waals surface area contributed by atoms with E-state index in [0.717, 1.165) is 12.8 Å². The third-order valence-corrected chi connectivity index (χ3v) is 3.58. The van der Waals surface area contributed by atoms with Crippen molar-refractivity contribution in [3.8, 4) is 5.75 Å². The van der Waals surface area contributed by atoms with Gasteiger partial charge in [-0.1, -0.05) is 0 Å². The fourth-order valence-corrected chi connectivity index (χ4v) is 2.43. The van der Waals surface area contributed by atoms with Crippen LogP contribution in [-0.4, -0.2) is 40.8 Å². The number of rotatable bonds is 3. The fourth-order valence-electron chi connectivity index (χ4n) is 2.06. The zero-order valence-electron chi connectivity index (χ0n) is 9.88. The standard InChI is InChI=1S/C12H15BrN2O3/c13-11-10(4-1-5-14-11)18-8-9-3-2-6-15(7-9)12(16)17/h1,4-5,9H,2-3,6-8H2,(H,16,17)/t9-/m0/s1. The molecule has 1 aromatic heterocycles. The normalized spacial score (nSPS) is 19.6. The summed E-state index contributed by atoms with van der Waals surface area (Å²) in [5, 5.41) is 8.95. The van der Waals surface area contributed by atoms with Gasteiger partial charge in [0.05, 0.1) is 6.61 Å². The second kappa shape index (κ2) is 6.04. The van der Waals surface area contributed by atoms with E-state index in [1.54, 1.807) is 6.20 Å². The van der Waals surface area contributed by atoms with E-state index >= 15 is 0 Å². The number of amides is 1. The number of hydrogen-bond donors (Lipinski definition) is 1. The summed E-state index contributed by atoms with van der Waals surface area (Å²) >= 11 is 3.32. The zero-order valence-corrected chi connectivity index (χ0v) is 11.5. The third kappa shape index (κ3) is 3.35. The molecule has 1 atom stereocenters. The number of nitrogens with zero attached hydrogens (tertiary/aromatic N) is 2. The lowest BCUT2D eigenvalue weighted by atomic mass is 9.99. The summed E-state index contributed by atoms with van der Waals surface area (Å²) in [5.74, 6) is 0.951. The van der Waals surface area contributed by atoms with Crippen LogP contribution in [0.1, 0.15) is 12.8 Å². The summed E-state index contributed by atoms with van der Waals surface area (Å²) in [6.07, 6.45) is 2.74. The second-order valence-electron chi connectivity index (χ2n) is 4.34. The molecule has 1 aromatic rings. The van der Waals surface area contributed by atoms with Gasteiger partial charge < -0.3 is 14.7 Å². The maximum atomic E-state index is 10.9. The highest BCUT2D eigenvalue weighted by Crippen LogP contribution is 2.23. The van der Waals surface area contributed by atoms with Crippen molar-refractivity contribution in [2.24, 2.45) is 5.92 Å². The molecule has 1 aliphatic heterocycles. The third-order valence-electron chi connectivity index (χ3n) is 2.99. The second-order valence-corrected chi connectivity index (χ2v) is 5.09. The maximum Gasteiger partial charge on any atom is 0.407 e. The van der Waals surface area contributed by atoms with E-state index < -0.39 is 6.09 Å². The first kappa shape index (κ1) is 13.1. The fraction of sp³-hybridized carbons (Fsp3) is 0.500.